The predicted molar refractivity (Wildman–Crippen MR) is 102 cm³/mol. The molecule has 1 N–H and O–H groups in total. The lowest BCUT2D eigenvalue weighted by Gasteiger charge is -2.08. The third-order valence-corrected chi connectivity index (χ3v) is 4.08. The molecular weight excluding hydrogens is 326 g/mol. The Bertz CT molecular complexity index is 1150. The van der Waals surface area contributed by atoms with Gasteiger partial charge in [-0.05, 0) is 36.4 Å². The fourth-order valence-electron chi connectivity index (χ4n) is 2.79. The van der Waals surface area contributed by atoms with Crippen LogP contribution in [0.4, 0.5) is 5.69 Å². The Hall–Kier alpha value is -3.66. The van der Waals surface area contributed by atoms with Crippen LogP contribution in [-0.4, -0.2) is 5.91 Å². The monoisotopic (exact) mass is 341 g/mol. The lowest BCUT2D eigenvalue weighted by molar-refractivity contribution is 0.102. The zero-order valence-corrected chi connectivity index (χ0v) is 13.8. The Morgan fingerprint density at radius 2 is 1.58 bits per heavy atom. The van der Waals surface area contributed by atoms with Crippen molar-refractivity contribution >= 4 is 22.6 Å². The molecule has 0 aliphatic carbocycles. The minimum absolute atomic E-state index is 0.0967. The van der Waals surface area contributed by atoms with Gasteiger partial charge in [-0.2, -0.15) is 0 Å². The number of hydrogen-bond donors (Lipinski definition) is 1. The molecule has 1 heterocycles. The van der Waals surface area contributed by atoms with Crippen LogP contribution in [-0.2, 0) is 0 Å². The second-order valence-electron chi connectivity index (χ2n) is 5.87. The lowest BCUT2D eigenvalue weighted by atomic mass is 10.1. The maximum absolute atomic E-state index is 12.3. The number of fused-ring (bicyclic) bond motifs is 1. The normalized spacial score (nSPS) is 10.6. The van der Waals surface area contributed by atoms with Crippen molar-refractivity contribution in [3.8, 4) is 11.3 Å². The van der Waals surface area contributed by atoms with Gasteiger partial charge >= 0.3 is 0 Å². The number of benzene rings is 3. The molecule has 0 aliphatic rings. The quantitative estimate of drug-likeness (QED) is 0.587. The van der Waals surface area contributed by atoms with Gasteiger partial charge in [0, 0.05) is 22.9 Å². The maximum atomic E-state index is 12.3. The number of amides is 1. The molecule has 0 bridgehead atoms. The molecule has 26 heavy (non-hydrogen) atoms. The van der Waals surface area contributed by atoms with Crippen molar-refractivity contribution in [1.82, 2.24) is 0 Å². The van der Waals surface area contributed by atoms with E-state index in [1.165, 1.54) is 6.07 Å². The van der Waals surface area contributed by atoms with Gasteiger partial charge in [-0.25, -0.2) is 0 Å². The number of hydrogen-bond acceptors (Lipinski definition) is 3. The highest BCUT2D eigenvalue weighted by molar-refractivity contribution is 6.04. The van der Waals surface area contributed by atoms with Crippen LogP contribution in [0, 0.1) is 0 Å². The molecule has 0 aliphatic heterocycles. The summed E-state index contributed by atoms with van der Waals surface area (Å²) in [5, 5.41) is 3.41. The summed E-state index contributed by atoms with van der Waals surface area (Å²) in [6, 6.07) is 24.8. The maximum Gasteiger partial charge on any atom is 0.255 e. The smallest absolute Gasteiger partial charge is 0.255 e. The zero-order chi connectivity index (χ0) is 17.9. The van der Waals surface area contributed by atoms with E-state index in [2.05, 4.69) is 5.32 Å². The first-order chi connectivity index (χ1) is 12.7. The number of rotatable bonds is 3. The largest absolute Gasteiger partial charge is 0.456 e. The fourth-order valence-corrected chi connectivity index (χ4v) is 2.79. The van der Waals surface area contributed by atoms with Gasteiger partial charge in [0.1, 0.15) is 11.3 Å². The SMILES string of the molecule is O=C(Nc1cccc(-c2cc(=O)c3ccccc3o2)c1)c1ccccc1. The van der Waals surface area contributed by atoms with Gasteiger partial charge in [0.2, 0.25) is 0 Å². The van der Waals surface area contributed by atoms with Crippen molar-refractivity contribution < 1.29 is 9.21 Å². The van der Waals surface area contributed by atoms with E-state index in [4.69, 9.17) is 4.42 Å². The van der Waals surface area contributed by atoms with E-state index in [-0.39, 0.29) is 11.3 Å². The summed E-state index contributed by atoms with van der Waals surface area (Å²) in [5.41, 5.74) is 2.37. The lowest BCUT2D eigenvalue weighted by Crippen LogP contribution is -2.11. The van der Waals surface area contributed by atoms with Crippen LogP contribution in [0.3, 0.4) is 0 Å². The van der Waals surface area contributed by atoms with Crippen molar-refractivity contribution in [2.24, 2.45) is 0 Å². The molecular formula is C22H15NO3. The standard InChI is InChI=1S/C22H15NO3/c24-19-14-21(26-20-12-5-4-11-18(19)20)16-9-6-10-17(13-16)23-22(25)15-7-2-1-3-8-15/h1-14H,(H,23,25). The van der Waals surface area contributed by atoms with Gasteiger partial charge in [-0.1, -0.05) is 42.5 Å². The summed E-state index contributed by atoms with van der Waals surface area (Å²) < 4.78 is 5.86. The Balaban J connectivity index is 1.68. The molecule has 0 fully saturated rings. The van der Waals surface area contributed by atoms with Gasteiger partial charge in [-0.3, -0.25) is 9.59 Å². The van der Waals surface area contributed by atoms with Crippen molar-refractivity contribution in [3.05, 3.63) is 101 Å². The van der Waals surface area contributed by atoms with Crippen LogP contribution in [0.1, 0.15) is 10.4 Å². The van der Waals surface area contributed by atoms with Gasteiger partial charge < -0.3 is 9.73 Å². The average molecular weight is 341 g/mol. The third-order valence-electron chi connectivity index (χ3n) is 4.08. The first-order valence-electron chi connectivity index (χ1n) is 8.20. The molecule has 1 aromatic heterocycles. The van der Waals surface area contributed by atoms with Crippen LogP contribution >= 0.6 is 0 Å². The number of carbonyl (C=O) groups excluding carboxylic acids is 1. The minimum Gasteiger partial charge on any atom is -0.456 e. The van der Waals surface area contributed by atoms with E-state index < -0.39 is 0 Å². The van der Waals surface area contributed by atoms with Crippen LogP contribution in [0.2, 0.25) is 0 Å². The van der Waals surface area contributed by atoms with Crippen molar-refractivity contribution in [2.45, 2.75) is 0 Å². The Labute approximate surface area is 149 Å². The van der Waals surface area contributed by atoms with Gasteiger partial charge in [-0.15, -0.1) is 0 Å². The number of nitrogens with one attached hydrogen (secondary N) is 1. The number of carbonyl (C=O) groups is 1. The molecule has 0 unspecified atom stereocenters. The first kappa shape index (κ1) is 15.8. The number of anilines is 1. The summed E-state index contributed by atoms with van der Waals surface area (Å²) in [7, 11) is 0. The summed E-state index contributed by atoms with van der Waals surface area (Å²) in [6.07, 6.45) is 0. The molecule has 3 aromatic carbocycles. The summed E-state index contributed by atoms with van der Waals surface area (Å²) in [5.74, 6) is 0.271. The van der Waals surface area contributed by atoms with Gasteiger partial charge in [0.25, 0.3) is 5.91 Å². The molecule has 0 atom stereocenters. The molecule has 4 nitrogen and oxygen atoms in total. The van der Waals surface area contributed by atoms with E-state index in [0.717, 1.165) is 5.56 Å². The highest BCUT2D eigenvalue weighted by atomic mass is 16.3. The molecule has 126 valence electrons. The summed E-state index contributed by atoms with van der Waals surface area (Å²) in [4.78, 5) is 24.6. The molecule has 4 aromatic rings. The number of para-hydroxylation sites is 1. The van der Waals surface area contributed by atoms with Gasteiger partial charge in [0.05, 0.1) is 5.39 Å². The van der Waals surface area contributed by atoms with E-state index in [0.29, 0.717) is 28.0 Å². The topological polar surface area (TPSA) is 59.3 Å². The van der Waals surface area contributed by atoms with E-state index in [1.807, 2.05) is 36.4 Å². The highest BCUT2D eigenvalue weighted by Gasteiger charge is 2.09. The van der Waals surface area contributed by atoms with Crippen LogP contribution < -0.4 is 10.7 Å². The molecule has 0 saturated carbocycles. The molecule has 4 heteroatoms. The molecule has 0 radical (unpaired) electrons. The van der Waals surface area contributed by atoms with Crippen LogP contribution in [0.15, 0.2) is 94.1 Å². The Morgan fingerprint density at radius 1 is 0.808 bits per heavy atom. The molecule has 0 spiro atoms. The second kappa shape index (κ2) is 6.69. The molecule has 4 rings (SSSR count). The van der Waals surface area contributed by atoms with Crippen LogP contribution in [0.5, 0.6) is 0 Å². The van der Waals surface area contributed by atoms with Crippen molar-refractivity contribution in [1.29, 1.82) is 0 Å². The van der Waals surface area contributed by atoms with Gasteiger partial charge in [0.15, 0.2) is 5.43 Å². The predicted octanol–water partition coefficient (Wildman–Crippen LogP) is 4.71. The van der Waals surface area contributed by atoms with E-state index in [1.54, 1.807) is 42.5 Å². The Kier molecular flexibility index (Phi) is 4.07. The molecule has 1 amide bonds. The van der Waals surface area contributed by atoms with Crippen molar-refractivity contribution in [3.63, 3.8) is 0 Å². The fraction of sp³-hybridized carbons (Fsp3) is 0. The van der Waals surface area contributed by atoms with E-state index >= 15 is 0 Å². The zero-order valence-electron chi connectivity index (χ0n) is 13.8. The Morgan fingerprint density at radius 3 is 2.42 bits per heavy atom. The minimum atomic E-state index is -0.192. The van der Waals surface area contributed by atoms with Crippen molar-refractivity contribution in [2.75, 3.05) is 5.32 Å². The van der Waals surface area contributed by atoms with Crippen LogP contribution in [0.25, 0.3) is 22.3 Å². The van der Waals surface area contributed by atoms with E-state index in [9.17, 15) is 9.59 Å². The summed E-state index contributed by atoms with van der Waals surface area (Å²) in [6.45, 7) is 0. The summed E-state index contributed by atoms with van der Waals surface area (Å²) >= 11 is 0. The first-order valence-corrected chi connectivity index (χ1v) is 8.20. The third kappa shape index (κ3) is 3.13. The molecule has 0 saturated heterocycles. The average Bonchev–Trinajstić information content (AvgIpc) is 2.69. The second-order valence-corrected chi connectivity index (χ2v) is 5.87. The highest BCUT2D eigenvalue weighted by Crippen LogP contribution is 2.24.